The molecule has 2 aromatic carbocycles. The van der Waals surface area contributed by atoms with Crippen LogP contribution in [0.2, 0.25) is 0 Å². The zero-order valence-corrected chi connectivity index (χ0v) is 19.7. The number of carbonyl (C=O) groups is 1. The van der Waals surface area contributed by atoms with Crippen molar-refractivity contribution in [1.29, 1.82) is 0 Å². The average Bonchev–Trinajstić information content (AvgIpc) is 2.78. The maximum absolute atomic E-state index is 13.3. The third-order valence-corrected chi connectivity index (χ3v) is 5.60. The highest BCUT2D eigenvalue weighted by Gasteiger charge is 2.27. The number of aliphatic hydroxyl groups is 1. The Morgan fingerprint density at radius 3 is 2.67 bits per heavy atom. The second-order valence-electron chi connectivity index (χ2n) is 9.09. The van der Waals surface area contributed by atoms with Crippen LogP contribution in [-0.4, -0.2) is 79.0 Å². The fourth-order valence-electron chi connectivity index (χ4n) is 4.01. The fourth-order valence-corrected chi connectivity index (χ4v) is 4.01. The summed E-state index contributed by atoms with van der Waals surface area (Å²) >= 11 is 0. The summed E-state index contributed by atoms with van der Waals surface area (Å²) in [7, 11) is 0. The van der Waals surface area contributed by atoms with Crippen molar-refractivity contribution >= 4 is 5.91 Å². The molecule has 6 nitrogen and oxygen atoms in total. The SMILES string of the molecule is Cc1ccccc1OC[C@H](O)CN1CCO[C@H](CN(CC(C)C)C(=O)c2ccc(F)cc2)C1. The lowest BCUT2D eigenvalue weighted by atomic mass is 10.1. The third-order valence-electron chi connectivity index (χ3n) is 5.60. The molecule has 33 heavy (non-hydrogen) atoms. The van der Waals surface area contributed by atoms with E-state index in [4.69, 9.17) is 9.47 Å². The number of β-amino-alcohol motifs (C(OH)–C–C–N with tert-alkyl or cyclic N) is 1. The quantitative estimate of drug-likeness (QED) is 0.592. The van der Waals surface area contributed by atoms with Gasteiger partial charge in [0.05, 0.1) is 12.7 Å². The Bertz CT molecular complexity index is 890. The Morgan fingerprint density at radius 2 is 1.97 bits per heavy atom. The predicted octanol–water partition coefficient (Wildman–Crippen LogP) is 3.37. The van der Waals surface area contributed by atoms with E-state index in [0.29, 0.717) is 44.9 Å². The number of aryl methyl sites for hydroxylation is 1. The molecule has 7 heteroatoms. The highest BCUT2D eigenvalue weighted by atomic mass is 19.1. The lowest BCUT2D eigenvalue weighted by Gasteiger charge is -2.37. The molecule has 1 fully saturated rings. The topological polar surface area (TPSA) is 62.2 Å². The molecule has 1 N–H and O–H groups in total. The summed E-state index contributed by atoms with van der Waals surface area (Å²) in [5.41, 5.74) is 1.50. The van der Waals surface area contributed by atoms with Crippen molar-refractivity contribution in [3.05, 3.63) is 65.5 Å². The molecule has 0 saturated carbocycles. The number of carbonyl (C=O) groups excluding carboxylic acids is 1. The summed E-state index contributed by atoms with van der Waals surface area (Å²) in [5, 5.41) is 10.5. The first kappa shape index (κ1) is 25.1. The second kappa shape index (κ2) is 12.1. The molecule has 0 spiro atoms. The fraction of sp³-hybridized carbons (Fsp3) is 0.500. The molecule has 1 saturated heterocycles. The standard InChI is InChI=1S/C26H35FN2O4/c1-19(2)14-29(26(31)21-8-10-22(27)11-9-21)17-24-16-28(12-13-32-24)15-23(30)18-33-25-7-5-4-6-20(25)3/h4-11,19,23-24,30H,12-18H2,1-3H3/t23-,24+/m1/s1. The second-order valence-corrected chi connectivity index (χ2v) is 9.09. The summed E-state index contributed by atoms with van der Waals surface area (Å²) in [6.07, 6.45) is -0.789. The summed E-state index contributed by atoms with van der Waals surface area (Å²) in [6, 6.07) is 13.4. The molecule has 1 aliphatic rings. The number of hydrogen-bond donors (Lipinski definition) is 1. The number of morpholine rings is 1. The van der Waals surface area contributed by atoms with Crippen LogP contribution in [0.3, 0.4) is 0 Å². The third kappa shape index (κ3) is 7.81. The van der Waals surface area contributed by atoms with E-state index >= 15 is 0 Å². The van der Waals surface area contributed by atoms with Gasteiger partial charge in [0.1, 0.15) is 24.3 Å². The van der Waals surface area contributed by atoms with Crippen LogP contribution in [0.25, 0.3) is 0 Å². The zero-order valence-electron chi connectivity index (χ0n) is 19.7. The molecule has 1 amide bonds. The summed E-state index contributed by atoms with van der Waals surface area (Å²) < 4.78 is 25.0. The monoisotopic (exact) mass is 458 g/mol. The van der Waals surface area contributed by atoms with Gasteiger partial charge in [-0.1, -0.05) is 32.0 Å². The molecule has 1 heterocycles. The maximum Gasteiger partial charge on any atom is 0.253 e. The van der Waals surface area contributed by atoms with Crippen molar-refractivity contribution in [3.63, 3.8) is 0 Å². The molecular weight excluding hydrogens is 423 g/mol. The van der Waals surface area contributed by atoms with E-state index < -0.39 is 6.10 Å². The van der Waals surface area contributed by atoms with Crippen LogP contribution in [0.5, 0.6) is 5.75 Å². The number of ether oxygens (including phenoxy) is 2. The zero-order chi connectivity index (χ0) is 23.8. The van der Waals surface area contributed by atoms with Crippen molar-refractivity contribution in [2.75, 3.05) is 45.9 Å². The Labute approximate surface area is 195 Å². The molecule has 2 atom stereocenters. The van der Waals surface area contributed by atoms with Crippen LogP contribution in [-0.2, 0) is 4.74 Å². The van der Waals surface area contributed by atoms with E-state index in [1.165, 1.54) is 24.3 Å². The summed E-state index contributed by atoms with van der Waals surface area (Å²) in [5.74, 6) is 0.573. The molecule has 0 aromatic heterocycles. The van der Waals surface area contributed by atoms with Crippen molar-refractivity contribution in [2.24, 2.45) is 5.92 Å². The van der Waals surface area contributed by atoms with Gasteiger partial charge in [-0.25, -0.2) is 4.39 Å². The highest BCUT2D eigenvalue weighted by molar-refractivity contribution is 5.94. The van der Waals surface area contributed by atoms with Gasteiger partial charge in [-0.3, -0.25) is 9.69 Å². The number of para-hydroxylation sites is 1. The van der Waals surface area contributed by atoms with Crippen molar-refractivity contribution in [1.82, 2.24) is 9.80 Å². The van der Waals surface area contributed by atoms with Crippen molar-refractivity contribution < 1.29 is 23.8 Å². The van der Waals surface area contributed by atoms with Gasteiger partial charge in [0, 0.05) is 38.3 Å². The van der Waals surface area contributed by atoms with Crippen molar-refractivity contribution in [2.45, 2.75) is 33.0 Å². The number of aliphatic hydroxyl groups excluding tert-OH is 1. The maximum atomic E-state index is 13.3. The minimum absolute atomic E-state index is 0.129. The lowest BCUT2D eigenvalue weighted by Crippen LogP contribution is -2.51. The molecule has 0 unspecified atom stereocenters. The normalized spacial score (nSPS) is 17.7. The molecule has 0 radical (unpaired) electrons. The highest BCUT2D eigenvalue weighted by Crippen LogP contribution is 2.17. The smallest absolute Gasteiger partial charge is 0.253 e. The van der Waals surface area contributed by atoms with Gasteiger partial charge in [-0.15, -0.1) is 0 Å². The predicted molar refractivity (Wildman–Crippen MR) is 126 cm³/mol. The molecule has 3 rings (SSSR count). The van der Waals surface area contributed by atoms with E-state index in [9.17, 15) is 14.3 Å². The first-order valence-electron chi connectivity index (χ1n) is 11.6. The van der Waals surface area contributed by atoms with Crippen LogP contribution in [0.1, 0.15) is 29.8 Å². The van der Waals surface area contributed by atoms with Crippen molar-refractivity contribution in [3.8, 4) is 5.75 Å². The first-order chi connectivity index (χ1) is 15.8. The van der Waals surface area contributed by atoms with Gasteiger partial charge in [0.15, 0.2) is 0 Å². The van der Waals surface area contributed by atoms with E-state index in [1.54, 1.807) is 4.90 Å². The molecule has 0 aliphatic carbocycles. The molecular formula is C26H35FN2O4. The van der Waals surface area contributed by atoms with Crippen LogP contribution < -0.4 is 4.74 Å². The average molecular weight is 459 g/mol. The number of amides is 1. The number of nitrogens with zero attached hydrogens (tertiary/aromatic N) is 2. The largest absolute Gasteiger partial charge is 0.491 e. The van der Waals surface area contributed by atoms with Gasteiger partial charge in [-0.2, -0.15) is 0 Å². The van der Waals surface area contributed by atoms with E-state index in [2.05, 4.69) is 18.7 Å². The van der Waals surface area contributed by atoms with Crippen LogP contribution in [0.4, 0.5) is 4.39 Å². The molecule has 2 aromatic rings. The van der Waals surface area contributed by atoms with Gasteiger partial charge < -0.3 is 19.5 Å². The van der Waals surface area contributed by atoms with E-state index in [1.807, 2.05) is 31.2 Å². The summed E-state index contributed by atoms with van der Waals surface area (Å²) in [6.45, 7) is 9.69. The number of rotatable bonds is 10. The number of halogens is 1. The molecule has 0 bridgehead atoms. The van der Waals surface area contributed by atoms with Crippen LogP contribution in [0.15, 0.2) is 48.5 Å². The molecule has 180 valence electrons. The lowest BCUT2D eigenvalue weighted by molar-refractivity contribution is -0.0542. The Morgan fingerprint density at radius 1 is 1.24 bits per heavy atom. The van der Waals surface area contributed by atoms with Gasteiger partial charge in [0.2, 0.25) is 0 Å². The van der Waals surface area contributed by atoms with E-state index in [0.717, 1.165) is 11.3 Å². The number of benzene rings is 2. The van der Waals surface area contributed by atoms with Gasteiger partial charge >= 0.3 is 0 Å². The van der Waals surface area contributed by atoms with Gasteiger partial charge in [-0.05, 0) is 48.7 Å². The van der Waals surface area contributed by atoms with Gasteiger partial charge in [0.25, 0.3) is 5.91 Å². The minimum Gasteiger partial charge on any atom is -0.491 e. The van der Waals surface area contributed by atoms with Crippen LogP contribution in [0, 0.1) is 18.7 Å². The summed E-state index contributed by atoms with van der Waals surface area (Å²) in [4.78, 5) is 17.0. The Hall–Kier alpha value is -2.48. The van der Waals surface area contributed by atoms with E-state index in [-0.39, 0.29) is 30.4 Å². The Kier molecular flexibility index (Phi) is 9.23. The van der Waals surface area contributed by atoms with Crippen LogP contribution >= 0.6 is 0 Å². The Balaban J connectivity index is 1.54. The minimum atomic E-state index is -0.629. The molecule has 1 aliphatic heterocycles. The first-order valence-corrected chi connectivity index (χ1v) is 11.6. The number of hydrogen-bond acceptors (Lipinski definition) is 5.